The third-order valence-electron chi connectivity index (χ3n) is 7.21. The number of nitrogens with one attached hydrogen (secondary N) is 2. The Morgan fingerprint density at radius 2 is 1.50 bits per heavy atom. The molecule has 4 aliphatic rings. The Bertz CT molecular complexity index is 788. The number of carboxylic acid groups (broad SMARTS) is 1. The summed E-state index contributed by atoms with van der Waals surface area (Å²) in [6, 6.07) is 0.440. The zero-order chi connectivity index (χ0) is 27.5. The molecule has 0 aromatic heterocycles. The predicted octanol–water partition coefficient (Wildman–Crippen LogP) is 3.01. The molecule has 0 saturated carbocycles. The summed E-state index contributed by atoms with van der Waals surface area (Å²) < 4.78 is 1.96. The van der Waals surface area contributed by atoms with Crippen molar-refractivity contribution in [2.75, 3.05) is 72.2 Å². The molecule has 3 atom stereocenters. The first-order chi connectivity index (χ1) is 18.2. The van der Waals surface area contributed by atoms with Gasteiger partial charge in [0.1, 0.15) is 8.64 Å². The number of carbonyl (C=O) groups excluding carboxylic acids is 1. The molecule has 0 aromatic carbocycles. The first-order valence-electron chi connectivity index (χ1n) is 13.4. The van der Waals surface area contributed by atoms with E-state index in [1.54, 1.807) is 21.6 Å². The van der Waals surface area contributed by atoms with Gasteiger partial charge < -0.3 is 35.3 Å². The molecule has 2 amide bonds. The summed E-state index contributed by atoms with van der Waals surface area (Å²) in [5.41, 5.74) is 0. The number of carbonyl (C=O) groups is 2. The summed E-state index contributed by atoms with van der Waals surface area (Å²) in [6.45, 7) is 8.71. The number of aliphatic carboxylic acids is 1. The van der Waals surface area contributed by atoms with Crippen molar-refractivity contribution >= 4 is 78.4 Å². The number of thioether (sulfide) groups is 1. The van der Waals surface area contributed by atoms with Gasteiger partial charge in [0, 0.05) is 56.7 Å². The maximum absolute atomic E-state index is 11.1. The van der Waals surface area contributed by atoms with E-state index in [9.17, 15) is 9.59 Å². The van der Waals surface area contributed by atoms with Crippen LogP contribution < -0.4 is 10.6 Å². The standard InChI is InChI=1S/C14H26N4S4.C10H16N2O3S/c1-15-5-3-7-17(11-9-15)13(19)21-22-14(20)18-8-4-6-16(2)10-12-18;13-8(14)4-2-1-3-7-9-6(5-16-7)11-10(15)12-9/h3-12H2,1-2H3;6-7,9H,1-5H2,(H,13,14)(H2,11,12,15)/t;6-,7-,9-/m.0/s1. The normalized spacial score (nSPS) is 26.4. The quantitative estimate of drug-likeness (QED) is 0.182. The average molecular weight is 623 g/mol. The highest BCUT2D eigenvalue weighted by molar-refractivity contribution is 8.89. The van der Waals surface area contributed by atoms with Gasteiger partial charge in [-0.05, 0) is 74.5 Å². The van der Waals surface area contributed by atoms with Crippen LogP contribution in [0.25, 0.3) is 0 Å². The molecule has 0 aliphatic carbocycles. The van der Waals surface area contributed by atoms with Gasteiger partial charge in [-0.1, -0.05) is 30.9 Å². The van der Waals surface area contributed by atoms with Gasteiger partial charge in [-0.2, -0.15) is 11.8 Å². The minimum Gasteiger partial charge on any atom is -0.481 e. The van der Waals surface area contributed by atoms with Crippen LogP contribution in [0.4, 0.5) is 4.79 Å². The van der Waals surface area contributed by atoms with Gasteiger partial charge in [0.2, 0.25) is 0 Å². The number of hydrogen-bond acceptors (Lipinski definition) is 9. The Labute approximate surface area is 250 Å². The number of nitrogens with zero attached hydrogens (tertiary/aromatic N) is 4. The summed E-state index contributed by atoms with van der Waals surface area (Å²) in [4.78, 5) is 30.9. The lowest BCUT2D eigenvalue weighted by Gasteiger charge is -2.25. The molecule has 0 radical (unpaired) electrons. The van der Waals surface area contributed by atoms with Crippen LogP contribution in [0.3, 0.4) is 0 Å². The van der Waals surface area contributed by atoms with Gasteiger partial charge in [-0.15, -0.1) is 0 Å². The summed E-state index contributed by atoms with van der Waals surface area (Å²) in [5, 5.41) is 14.8. The largest absolute Gasteiger partial charge is 0.481 e. The Morgan fingerprint density at radius 3 is 2.05 bits per heavy atom. The maximum atomic E-state index is 11.1. The van der Waals surface area contributed by atoms with Crippen LogP contribution in [-0.4, -0.2) is 135 Å². The molecule has 38 heavy (non-hydrogen) atoms. The van der Waals surface area contributed by atoms with Crippen molar-refractivity contribution in [1.82, 2.24) is 30.2 Å². The monoisotopic (exact) mass is 622 g/mol. The number of fused-ring (bicyclic) bond motifs is 1. The Morgan fingerprint density at radius 1 is 0.921 bits per heavy atom. The smallest absolute Gasteiger partial charge is 0.315 e. The highest BCUT2D eigenvalue weighted by atomic mass is 33.1. The van der Waals surface area contributed by atoms with E-state index in [2.05, 4.69) is 44.3 Å². The van der Waals surface area contributed by atoms with Crippen molar-refractivity contribution in [2.45, 2.75) is 55.9 Å². The molecule has 0 spiro atoms. The highest BCUT2D eigenvalue weighted by Gasteiger charge is 2.42. The highest BCUT2D eigenvalue weighted by Crippen LogP contribution is 2.33. The van der Waals surface area contributed by atoms with Crippen LogP contribution in [0.15, 0.2) is 0 Å². The molecule has 0 aromatic rings. The van der Waals surface area contributed by atoms with E-state index in [1.807, 2.05) is 11.8 Å². The summed E-state index contributed by atoms with van der Waals surface area (Å²) in [5.74, 6) is 0.236. The zero-order valence-corrected chi connectivity index (χ0v) is 26.5. The van der Waals surface area contributed by atoms with Gasteiger partial charge in [-0.25, -0.2) is 4.79 Å². The fourth-order valence-electron chi connectivity index (χ4n) is 4.90. The number of likely N-dealkylation sites (N-methyl/N-ethyl adjacent to an activating group) is 2. The van der Waals surface area contributed by atoms with Gasteiger partial charge >= 0.3 is 12.0 Å². The summed E-state index contributed by atoms with van der Waals surface area (Å²) in [7, 11) is 7.68. The van der Waals surface area contributed by atoms with Crippen molar-refractivity contribution < 1.29 is 14.7 Å². The molecule has 4 aliphatic heterocycles. The number of unbranched alkanes of at least 4 members (excludes halogenated alkanes) is 1. The lowest BCUT2D eigenvalue weighted by molar-refractivity contribution is -0.137. The third kappa shape index (κ3) is 10.8. The molecule has 216 valence electrons. The van der Waals surface area contributed by atoms with Crippen LogP contribution in [0.2, 0.25) is 0 Å². The molecule has 4 rings (SSSR count). The molecular formula is C24H42N6O3S5. The SMILES string of the molecule is CN1CCCN(C(=S)SSC(=S)N2CCCN(C)CC2)CC1.O=C(O)CCCC[C@@H]1SC[C@@H]2NC(=O)N[C@@H]21. The second-order valence-corrected chi connectivity index (χ2v) is 14.9. The Hall–Kier alpha value is -0.510. The van der Waals surface area contributed by atoms with Crippen molar-refractivity contribution in [2.24, 2.45) is 0 Å². The predicted molar refractivity (Wildman–Crippen MR) is 169 cm³/mol. The molecule has 0 unspecified atom stereocenters. The fourth-order valence-corrected chi connectivity index (χ4v) is 9.20. The molecule has 3 N–H and O–H groups in total. The fraction of sp³-hybridized carbons (Fsp3) is 0.833. The number of rotatable bonds is 5. The topological polar surface area (TPSA) is 91.4 Å². The van der Waals surface area contributed by atoms with Gasteiger partial charge in [0.05, 0.1) is 12.1 Å². The number of amides is 2. The van der Waals surface area contributed by atoms with E-state index < -0.39 is 5.97 Å². The second kappa shape index (κ2) is 16.7. The van der Waals surface area contributed by atoms with Crippen LogP contribution >= 0.6 is 57.8 Å². The molecule has 4 saturated heterocycles. The molecular weight excluding hydrogens is 581 g/mol. The first-order valence-corrected chi connectivity index (χ1v) is 17.4. The van der Waals surface area contributed by atoms with E-state index in [-0.39, 0.29) is 24.5 Å². The van der Waals surface area contributed by atoms with E-state index in [4.69, 9.17) is 29.5 Å². The maximum Gasteiger partial charge on any atom is 0.315 e. The van der Waals surface area contributed by atoms with E-state index in [0.29, 0.717) is 5.25 Å². The molecule has 14 heteroatoms. The average Bonchev–Trinajstić information content (AvgIpc) is 3.23. The number of carboxylic acids is 1. The lowest BCUT2D eigenvalue weighted by Crippen LogP contribution is -2.36. The van der Waals surface area contributed by atoms with Crippen LogP contribution in [0.5, 0.6) is 0 Å². The van der Waals surface area contributed by atoms with Crippen LogP contribution in [0.1, 0.15) is 38.5 Å². The second-order valence-electron chi connectivity index (χ2n) is 10.2. The van der Waals surface area contributed by atoms with Crippen molar-refractivity contribution in [3.05, 3.63) is 0 Å². The molecule has 9 nitrogen and oxygen atoms in total. The number of urea groups is 1. The van der Waals surface area contributed by atoms with E-state index >= 15 is 0 Å². The van der Waals surface area contributed by atoms with Crippen molar-refractivity contribution in [3.63, 3.8) is 0 Å². The summed E-state index contributed by atoms with van der Waals surface area (Å²) >= 11 is 13.1. The minimum atomic E-state index is -0.729. The number of thiocarbonyl (C=S) groups is 2. The first kappa shape index (κ1) is 32.0. The van der Waals surface area contributed by atoms with Gasteiger partial charge in [0.25, 0.3) is 0 Å². The van der Waals surface area contributed by atoms with Crippen molar-refractivity contribution in [1.29, 1.82) is 0 Å². The Balaban J connectivity index is 0.000000221. The minimum absolute atomic E-state index is 0.0640. The van der Waals surface area contributed by atoms with Crippen LogP contribution in [-0.2, 0) is 4.79 Å². The van der Waals surface area contributed by atoms with E-state index in [1.165, 1.54) is 12.8 Å². The number of hydrogen-bond donors (Lipinski definition) is 3. The van der Waals surface area contributed by atoms with Gasteiger partial charge in [-0.3, -0.25) is 4.79 Å². The van der Waals surface area contributed by atoms with Crippen LogP contribution in [0, 0.1) is 0 Å². The molecule has 4 heterocycles. The molecule has 0 bridgehead atoms. The third-order valence-corrected chi connectivity index (χ3v) is 12.4. The van der Waals surface area contributed by atoms with E-state index in [0.717, 1.165) is 86.0 Å². The van der Waals surface area contributed by atoms with Gasteiger partial charge in [0.15, 0.2) is 0 Å². The molecule has 4 fully saturated rings. The Kier molecular flexibility index (Phi) is 14.1. The van der Waals surface area contributed by atoms with Crippen molar-refractivity contribution in [3.8, 4) is 0 Å². The zero-order valence-electron chi connectivity index (χ0n) is 22.4. The summed E-state index contributed by atoms with van der Waals surface area (Å²) in [6.07, 6.45) is 5.25. The lowest BCUT2D eigenvalue weighted by atomic mass is 10.0.